The summed E-state index contributed by atoms with van der Waals surface area (Å²) >= 11 is 5.98. The molecule has 2 aromatic heterocycles. The van der Waals surface area contributed by atoms with E-state index in [0.29, 0.717) is 18.3 Å². The van der Waals surface area contributed by atoms with Crippen molar-refractivity contribution >= 4 is 29.3 Å². The Kier molecular flexibility index (Phi) is 3.96. The Morgan fingerprint density at radius 1 is 1.47 bits per heavy atom. The third-order valence-electron chi connectivity index (χ3n) is 2.36. The summed E-state index contributed by atoms with van der Waals surface area (Å²) in [4.78, 5) is 20.1. The number of carbonyl (C=O) groups excluding carboxylic acids is 1. The standard InChI is InChI=1S/C11H13ClN6O/c1-3-13-8-5-4-7(12)9(16-8)10(19)17-11-14-6-15-18(11)2/h4-6H,3H2,1-2H3,(H,13,16)(H,14,15,17,19). The average molecular weight is 281 g/mol. The minimum absolute atomic E-state index is 0.142. The molecule has 0 aliphatic rings. The van der Waals surface area contributed by atoms with Gasteiger partial charge in [0.25, 0.3) is 5.91 Å². The molecule has 100 valence electrons. The van der Waals surface area contributed by atoms with Crippen molar-refractivity contribution in [2.24, 2.45) is 7.05 Å². The zero-order valence-corrected chi connectivity index (χ0v) is 11.3. The van der Waals surface area contributed by atoms with E-state index in [2.05, 4.69) is 25.7 Å². The van der Waals surface area contributed by atoms with E-state index >= 15 is 0 Å². The van der Waals surface area contributed by atoms with Crippen LogP contribution in [0.15, 0.2) is 18.5 Å². The van der Waals surface area contributed by atoms with Gasteiger partial charge in [-0.25, -0.2) is 9.67 Å². The summed E-state index contributed by atoms with van der Waals surface area (Å²) in [6.07, 6.45) is 1.35. The molecule has 0 fully saturated rings. The molecule has 2 heterocycles. The van der Waals surface area contributed by atoms with Crippen molar-refractivity contribution in [3.63, 3.8) is 0 Å². The lowest BCUT2D eigenvalue weighted by atomic mass is 10.3. The van der Waals surface area contributed by atoms with Gasteiger partial charge in [0.15, 0.2) is 0 Å². The molecule has 0 saturated heterocycles. The number of pyridine rings is 1. The van der Waals surface area contributed by atoms with Crippen LogP contribution in [0.5, 0.6) is 0 Å². The Morgan fingerprint density at radius 3 is 2.89 bits per heavy atom. The lowest BCUT2D eigenvalue weighted by Gasteiger charge is -2.07. The predicted molar refractivity (Wildman–Crippen MR) is 72.4 cm³/mol. The van der Waals surface area contributed by atoms with Gasteiger partial charge in [-0.3, -0.25) is 10.1 Å². The lowest BCUT2D eigenvalue weighted by Crippen LogP contribution is -2.18. The van der Waals surface area contributed by atoms with Crippen LogP contribution in [0.2, 0.25) is 5.02 Å². The average Bonchev–Trinajstić information content (AvgIpc) is 2.77. The third kappa shape index (κ3) is 3.00. The Hall–Kier alpha value is -2.15. The van der Waals surface area contributed by atoms with Crippen LogP contribution in [0.3, 0.4) is 0 Å². The second kappa shape index (κ2) is 5.66. The highest BCUT2D eigenvalue weighted by molar-refractivity contribution is 6.34. The quantitative estimate of drug-likeness (QED) is 0.887. The van der Waals surface area contributed by atoms with Crippen LogP contribution in [-0.4, -0.2) is 32.2 Å². The van der Waals surface area contributed by atoms with Gasteiger partial charge in [-0.05, 0) is 19.1 Å². The SMILES string of the molecule is CCNc1ccc(Cl)c(C(=O)Nc2ncnn2C)n1. The molecule has 8 heteroatoms. The summed E-state index contributed by atoms with van der Waals surface area (Å²) in [6.45, 7) is 2.65. The molecule has 1 amide bonds. The van der Waals surface area contributed by atoms with Gasteiger partial charge in [0.05, 0.1) is 5.02 Å². The van der Waals surface area contributed by atoms with Crippen molar-refractivity contribution in [2.75, 3.05) is 17.2 Å². The smallest absolute Gasteiger partial charge is 0.278 e. The summed E-state index contributed by atoms with van der Waals surface area (Å²) in [6, 6.07) is 3.34. The summed E-state index contributed by atoms with van der Waals surface area (Å²) < 4.78 is 1.44. The second-order valence-corrected chi connectivity index (χ2v) is 4.13. The highest BCUT2D eigenvalue weighted by Crippen LogP contribution is 2.17. The van der Waals surface area contributed by atoms with Gasteiger partial charge in [-0.15, -0.1) is 0 Å². The minimum atomic E-state index is -0.430. The van der Waals surface area contributed by atoms with Crippen molar-refractivity contribution in [3.05, 3.63) is 29.2 Å². The highest BCUT2D eigenvalue weighted by atomic mass is 35.5. The Labute approximate surface area is 115 Å². The van der Waals surface area contributed by atoms with E-state index in [-0.39, 0.29) is 10.7 Å². The zero-order chi connectivity index (χ0) is 13.8. The zero-order valence-electron chi connectivity index (χ0n) is 10.5. The monoisotopic (exact) mass is 280 g/mol. The second-order valence-electron chi connectivity index (χ2n) is 3.72. The van der Waals surface area contributed by atoms with E-state index in [1.54, 1.807) is 19.2 Å². The fourth-order valence-corrected chi connectivity index (χ4v) is 1.64. The number of nitrogens with zero attached hydrogens (tertiary/aromatic N) is 4. The largest absolute Gasteiger partial charge is 0.370 e. The first-order valence-electron chi connectivity index (χ1n) is 5.67. The van der Waals surface area contributed by atoms with Crippen LogP contribution in [0.25, 0.3) is 0 Å². The maximum atomic E-state index is 12.1. The molecule has 2 N–H and O–H groups in total. The van der Waals surface area contributed by atoms with Crippen molar-refractivity contribution in [3.8, 4) is 0 Å². The molecule has 0 unspecified atom stereocenters. The van der Waals surface area contributed by atoms with E-state index in [1.165, 1.54) is 11.0 Å². The first kappa shape index (κ1) is 13.3. The topological polar surface area (TPSA) is 84.7 Å². The van der Waals surface area contributed by atoms with Gasteiger partial charge in [-0.2, -0.15) is 10.1 Å². The van der Waals surface area contributed by atoms with Gasteiger partial charge in [0.1, 0.15) is 17.8 Å². The molecule has 2 aromatic rings. The Morgan fingerprint density at radius 2 is 2.26 bits per heavy atom. The van der Waals surface area contributed by atoms with Crippen LogP contribution in [0.4, 0.5) is 11.8 Å². The number of rotatable bonds is 4. The number of hydrogen-bond acceptors (Lipinski definition) is 5. The number of anilines is 2. The molecule has 7 nitrogen and oxygen atoms in total. The third-order valence-corrected chi connectivity index (χ3v) is 2.66. The number of aryl methyl sites for hydroxylation is 1. The van der Waals surface area contributed by atoms with Gasteiger partial charge < -0.3 is 5.32 Å². The number of halogens is 1. The number of amides is 1. The number of hydrogen-bond donors (Lipinski definition) is 2. The number of carbonyl (C=O) groups is 1. The first-order chi connectivity index (χ1) is 9.11. The maximum Gasteiger partial charge on any atom is 0.278 e. The molecular weight excluding hydrogens is 268 g/mol. The molecule has 0 aromatic carbocycles. The van der Waals surface area contributed by atoms with Crippen molar-refractivity contribution in [1.82, 2.24) is 19.7 Å². The van der Waals surface area contributed by atoms with Crippen molar-refractivity contribution in [1.29, 1.82) is 0 Å². The summed E-state index contributed by atoms with van der Waals surface area (Å²) in [5, 5.41) is 9.75. The molecule has 0 aliphatic carbocycles. The van der Waals surface area contributed by atoms with Crippen molar-refractivity contribution < 1.29 is 4.79 Å². The van der Waals surface area contributed by atoms with Crippen LogP contribution in [0.1, 0.15) is 17.4 Å². The molecule has 0 atom stereocenters. The lowest BCUT2D eigenvalue weighted by molar-refractivity contribution is 0.102. The number of nitrogens with one attached hydrogen (secondary N) is 2. The Bertz CT molecular complexity index is 597. The summed E-state index contributed by atoms with van der Waals surface area (Å²) in [5.41, 5.74) is 0.142. The van der Waals surface area contributed by atoms with Gasteiger partial charge >= 0.3 is 0 Å². The van der Waals surface area contributed by atoms with Gasteiger partial charge in [0, 0.05) is 13.6 Å². The van der Waals surface area contributed by atoms with E-state index in [1.807, 2.05) is 6.92 Å². The predicted octanol–water partition coefficient (Wildman–Crippen LogP) is 1.55. The van der Waals surface area contributed by atoms with E-state index < -0.39 is 5.91 Å². The molecule has 0 saturated carbocycles. The summed E-state index contributed by atoms with van der Waals surface area (Å²) in [5.74, 6) is 0.493. The molecule has 19 heavy (non-hydrogen) atoms. The molecule has 0 radical (unpaired) electrons. The maximum absolute atomic E-state index is 12.1. The van der Waals surface area contributed by atoms with Gasteiger partial charge in [0.2, 0.25) is 5.95 Å². The fraction of sp³-hybridized carbons (Fsp3) is 0.273. The fourth-order valence-electron chi connectivity index (χ4n) is 1.45. The molecular formula is C11H13ClN6O. The van der Waals surface area contributed by atoms with Crippen LogP contribution < -0.4 is 10.6 Å². The molecule has 0 aliphatic heterocycles. The highest BCUT2D eigenvalue weighted by Gasteiger charge is 2.15. The van der Waals surface area contributed by atoms with Crippen LogP contribution in [-0.2, 0) is 7.05 Å². The first-order valence-corrected chi connectivity index (χ1v) is 6.05. The van der Waals surface area contributed by atoms with E-state index in [0.717, 1.165) is 0 Å². The van der Waals surface area contributed by atoms with Crippen LogP contribution in [0, 0.1) is 0 Å². The number of aromatic nitrogens is 4. The minimum Gasteiger partial charge on any atom is -0.370 e. The molecule has 0 spiro atoms. The summed E-state index contributed by atoms with van der Waals surface area (Å²) in [7, 11) is 1.67. The van der Waals surface area contributed by atoms with E-state index in [9.17, 15) is 4.79 Å². The van der Waals surface area contributed by atoms with Crippen molar-refractivity contribution in [2.45, 2.75) is 6.92 Å². The normalized spacial score (nSPS) is 10.3. The molecule has 2 rings (SSSR count). The van der Waals surface area contributed by atoms with Crippen LogP contribution >= 0.6 is 11.6 Å². The van der Waals surface area contributed by atoms with Gasteiger partial charge in [-0.1, -0.05) is 11.6 Å². The Balaban J connectivity index is 2.23. The molecule has 0 bridgehead atoms. The van der Waals surface area contributed by atoms with E-state index in [4.69, 9.17) is 11.6 Å².